The van der Waals surface area contributed by atoms with Crippen LogP contribution < -0.4 is 10.1 Å². The molecule has 26 heavy (non-hydrogen) atoms. The maximum atomic E-state index is 12.6. The summed E-state index contributed by atoms with van der Waals surface area (Å²) >= 11 is 23.5. The summed E-state index contributed by atoms with van der Waals surface area (Å²) in [6.45, 7) is 0.169. The summed E-state index contributed by atoms with van der Waals surface area (Å²) < 4.78 is 43.3. The van der Waals surface area contributed by atoms with Crippen LogP contribution in [-0.2, 0) is 6.18 Å². The maximum absolute atomic E-state index is 12.6. The van der Waals surface area contributed by atoms with Gasteiger partial charge < -0.3 is 15.2 Å². The molecule has 1 atom stereocenters. The molecule has 0 fully saturated rings. The van der Waals surface area contributed by atoms with Gasteiger partial charge in [0.1, 0.15) is 5.02 Å². The number of halogens is 7. The van der Waals surface area contributed by atoms with Crippen LogP contribution in [0.1, 0.15) is 5.56 Å². The van der Waals surface area contributed by atoms with E-state index in [1.807, 2.05) is 0 Å². The molecule has 0 aliphatic carbocycles. The molecule has 0 aliphatic heterocycles. The molecule has 142 valence electrons. The Morgan fingerprint density at radius 2 is 1.73 bits per heavy atom. The number of aliphatic hydroxyl groups excluding tert-OH is 1. The standard InChI is InChI=1S/C15H11Cl4F3N2O2/c16-4-9(25)6-23-8-2-10(17)13(11(18)3-8)26-14-12(19)1-7(5-24-14)15(20,21)22/h1-3,5,9,23,25H,4,6H2. The number of anilines is 1. The third kappa shape index (κ3) is 5.44. The van der Waals surface area contributed by atoms with Crippen molar-refractivity contribution in [2.24, 2.45) is 0 Å². The van der Waals surface area contributed by atoms with Crippen molar-refractivity contribution < 1.29 is 23.0 Å². The van der Waals surface area contributed by atoms with Gasteiger partial charge in [0.15, 0.2) is 5.75 Å². The van der Waals surface area contributed by atoms with E-state index in [-0.39, 0.29) is 39.1 Å². The van der Waals surface area contributed by atoms with Crippen molar-refractivity contribution in [1.82, 2.24) is 4.98 Å². The van der Waals surface area contributed by atoms with E-state index in [2.05, 4.69) is 10.3 Å². The first-order valence-electron chi connectivity index (χ1n) is 6.99. The van der Waals surface area contributed by atoms with E-state index in [0.717, 1.165) is 0 Å². The molecule has 4 nitrogen and oxygen atoms in total. The van der Waals surface area contributed by atoms with Gasteiger partial charge in [-0.25, -0.2) is 4.98 Å². The fourth-order valence-corrected chi connectivity index (χ4v) is 2.68. The van der Waals surface area contributed by atoms with Gasteiger partial charge in [-0.15, -0.1) is 11.6 Å². The van der Waals surface area contributed by atoms with Gasteiger partial charge >= 0.3 is 6.18 Å². The second kappa shape index (κ2) is 8.71. The number of pyridine rings is 1. The van der Waals surface area contributed by atoms with Crippen LogP contribution in [0.4, 0.5) is 18.9 Å². The highest BCUT2D eigenvalue weighted by molar-refractivity contribution is 6.37. The summed E-state index contributed by atoms with van der Waals surface area (Å²) in [4.78, 5) is 3.56. The third-order valence-corrected chi connectivity index (χ3v) is 4.24. The van der Waals surface area contributed by atoms with Crippen LogP contribution in [0.5, 0.6) is 11.6 Å². The minimum Gasteiger partial charge on any atom is -0.434 e. The van der Waals surface area contributed by atoms with E-state index in [4.69, 9.17) is 51.1 Å². The number of nitrogens with zero attached hydrogens (tertiary/aromatic N) is 1. The molecule has 0 spiro atoms. The lowest BCUT2D eigenvalue weighted by atomic mass is 10.2. The first-order chi connectivity index (χ1) is 12.1. The van der Waals surface area contributed by atoms with Crippen LogP contribution in [0, 0.1) is 0 Å². The van der Waals surface area contributed by atoms with Gasteiger partial charge in [0.25, 0.3) is 0 Å². The largest absolute Gasteiger partial charge is 0.434 e. The molecule has 11 heteroatoms. The Labute approximate surface area is 166 Å². The minimum atomic E-state index is -4.58. The van der Waals surface area contributed by atoms with Crippen LogP contribution in [-0.4, -0.2) is 28.6 Å². The lowest BCUT2D eigenvalue weighted by Crippen LogP contribution is -2.20. The molecule has 1 aromatic heterocycles. The zero-order valence-corrected chi connectivity index (χ0v) is 15.8. The average Bonchev–Trinajstić information content (AvgIpc) is 2.56. The summed E-state index contributed by atoms with van der Waals surface area (Å²) in [5.74, 6) is -0.249. The Balaban J connectivity index is 2.22. The fraction of sp³-hybridized carbons (Fsp3) is 0.267. The molecule has 0 saturated carbocycles. The molecule has 1 heterocycles. The molecule has 0 aliphatic rings. The van der Waals surface area contributed by atoms with Crippen molar-refractivity contribution in [1.29, 1.82) is 0 Å². The Morgan fingerprint density at radius 1 is 1.12 bits per heavy atom. The lowest BCUT2D eigenvalue weighted by molar-refractivity contribution is -0.137. The predicted molar refractivity (Wildman–Crippen MR) is 96.0 cm³/mol. The highest BCUT2D eigenvalue weighted by Gasteiger charge is 2.32. The molecule has 0 bridgehead atoms. The van der Waals surface area contributed by atoms with E-state index < -0.39 is 17.8 Å². The Hall–Kier alpha value is -1.12. The summed E-state index contributed by atoms with van der Waals surface area (Å²) in [5, 5.41) is 12.1. The zero-order valence-electron chi connectivity index (χ0n) is 12.7. The highest BCUT2D eigenvalue weighted by atomic mass is 35.5. The number of ether oxygens (including phenoxy) is 1. The maximum Gasteiger partial charge on any atom is 0.417 e. The summed E-state index contributed by atoms with van der Waals surface area (Å²) in [6, 6.07) is 3.61. The van der Waals surface area contributed by atoms with Gasteiger partial charge in [0.05, 0.1) is 27.6 Å². The third-order valence-electron chi connectivity index (χ3n) is 3.05. The smallest absolute Gasteiger partial charge is 0.417 e. The van der Waals surface area contributed by atoms with Gasteiger partial charge in [-0.1, -0.05) is 34.8 Å². The normalized spacial score (nSPS) is 12.8. The molecular weight excluding hydrogens is 439 g/mol. The van der Waals surface area contributed by atoms with Gasteiger partial charge in [0, 0.05) is 18.4 Å². The molecule has 0 radical (unpaired) electrons. The van der Waals surface area contributed by atoms with E-state index in [1.54, 1.807) is 0 Å². The lowest BCUT2D eigenvalue weighted by Gasteiger charge is -2.14. The molecule has 2 aromatic rings. The predicted octanol–water partition coefficient (Wildman–Crippen LogP) is 5.86. The monoisotopic (exact) mass is 448 g/mol. The molecule has 1 aromatic carbocycles. The van der Waals surface area contributed by atoms with E-state index in [1.165, 1.54) is 12.1 Å². The number of aliphatic hydroxyl groups is 1. The number of nitrogens with one attached hydrogen (secondary N) is 1. The quantitative estimate of drug-likeness (QED) is 0.542. The Bertz CT molecular complexity index is 767. The number of benzene rings is 1. The topological polar surface area (TPSA) is 54.4 Å². The number of alkyl halides is 4. The zero-order chi connectivity index (χ0) is 19.5. The first-order valence-corrected chi connectivity index (χ1v) is 8.66. The second-order valence-corrected chi connectivity index (χ2v) is 6.60. The SMILES string of the molecule is OC(CCl)CNc1cc(Cl)c(Oc2ncc(C(F)(F)F)cc2Cl)c(Cl)c1. The van der Waals surface area contributed by atoms with Gasteiger partial charge in [-0.3, -0.25) is 0 Å². The first kappa shape index (κ1) is 21.2. The van der Waals surface area contributed by atoms with Crippen LogP contribution in [0.15, 0.2) is 24.4 Å². The number of hydrogen-bond donors (Lipinski definition) is 2. The van der Waals surface area contributed by atoms with Crippen molar-refractivity contribution >= 4 is 52.1 Å². The molecule has 0 amide bonds. The molecule has 1 unspecified atom stereocenters. The van der Waals surface area contributed by atoms with Crippen LogP contribution in [0.25, 0.3) is 0 Å². The Kier molecular flexibility index (Phi) is 7.10. The average molecular weight is 450 g/mol. The molecule has 0 saturated heterocycles. The highest BCUT2D eigenvalue weighted by Crippen LogP contribution is 2.41. The van der Waals surface area contributed by atoms with E-state index >= 15 is 0 Å². The summed E-state index contributed by atoms with van der Waals surface area (Å²) in [6.07, 6.45) is -4.75. The second-order valence-electron chi connectivity index (χ2n) is 5.07. The van der Waals surface area contributed by atoms with Crippen molar-refractivity contribution in [2.75, 3.05) is 17.7 Å². The van der Waals surface area contributed by atoms with Crippen molar-refractivity contribution in [3.63, 3.8) is 0 Å². The summed E-state index contributed by atoms with van der Waals surface area (Å²) in [5.41, 5.74) is -0.521. The fourth-order valence-electron chi connectivity index (χ4n) is 1.80. The van der Waals surface area contributed by atoms with E-state index in [0.29, 0.717) is 18.0 Å². The number of aromatic nitrogens is 1. The van der Waals surface area contributed by atoms with Gasteiger partial charge in [0.2, 0.25) is 5.88 Å². The minimum absolute atomic E-state index is 0.0223. The van der Waals surface area contributed by atoms with Crippen LogP contribution >= 0.6 is 46.4 Å². The van der Waals surface area contributed by atoms with Crippen molar-refractivity contribution in [2.45, 2.75) is 12.3 Å². The van der Waals surface area contributed by atoms with Crippen LogP contribution in [0.2, 0.25) is 15.1 Å². The molecule has 2 N–H and O–H groups in total. The summed E-state index contributed by atoms with van der Waals surface area (Å²) in [7, 11) is 0. The molecular formula is C15H11Cl4F3N2O2. The molecule has 2 rings (SSSR count). The van der Waals surface area contributed by atoms with Crippen LogP contribution in [0.3, 0.4) is 0 Å². The number of hydrogen-bond acceptors (Lipinski definition) is 4. The Morgan fingerprint density at radius 3 is 2.23 bits per heavy atom. The van der Waals surface area contributed by atoms with Gasteiger partial charge in [-0.05, 0) is 18.2 Å². The van der Waals surface area contributed by atoms with Crippen molar-refractivity contribution in [3.05, 3.63) is 45.0 Å². The van der Waals surface area contributed by atoms with E-state index in [9.17, 15) is 18.3 Å². The van der Waals surface area contributed by atoms with Crippen molar-refractivity contribution in [3.8, 4) is 11.6 Å². The number of rotatable bonds is 6. The van der Waals surface area contributed by atoms with Gasteiger partial charge in [-0.2, -0.15) is 13.2 Å².